The van der Waals surface area contributed by atoms with Gasteiger partial charge < -0.3 is 14.9 Å². The highest BCUT2D eigenvalue weighted by molar-refractivity contribution is 5.91. The molecule has 0 radical (unpaired) electrons. The number of methoxy groups -OCH3 is 1. The molecule has 1 aromatic carbocycles. The number of hydrogen-bond acceptors (Lipinski definition) is 5. The number of para-hydroxylation sites is 2. The third kappa shape index (κ3) is 5.02. The van der Waals surface area contributed by atoms with E-state index in [0.717, 1.165) is 0 Å². The summed E-state index contributed by atoms with van der Waals surface area (Å²) >= 11 is 0. The molecule has 0 saturated carbocycles. The molecule has 124 valence electrons. The normalized spacial score (nSPS) is 16.3. The molecule has 1 aliphatic rings. The first kappa shape index (κ1) is 16.9. The first-order valence-corrected chi connectivity index (χ1v) is 7.44. The minimum absolute atomic E-state index is 0.0586. The lowest BCUT2D eigenvalue weighted by Crippen LogP contribution is -2.42. The Morgan fingerprint density at radius 2 is 1.91 bits per heavy atom. The van der Waals surface area contributed by atoms with E-state index in [1.807, 2.05) is 19.9 Å². The molecule has 6 heteroatoms. The standard InChI is InChI=1S/C17H22N2O4/c1-17(2)9-12(8-13(20)10-17)18-19-16(21)11-23-15-7-5-4-6-14(15)22-3/h4-8,18H,9-11H2,1-3H3,(H,19,21). The highest BCUT2D eigenvalue weighted by Crippen LogP contribution is 2.32. The molecule has 0 fully saturated rings. The fraction of sp³-hybridized carbons (Fsp3) is 0.412. The second kappa shape index (κ2) is 7.17. The Morgan fingerprint density at radius 1 is 1.22 bits per heavy atom. The largest absolute Gasteiger partial charge is 0.493 e. The van der Waals surface area contributed by atoms with Crippen LogP contribution in [0.5, 0.6) is 11.5 Å². The van der Waals surface area contributed by atoms with E-state index in [9.17, 15) is 9.59 Å². The zero-order valence-electron chi connectivity index (χ0n) is 13.6. The van der Waals surface area contributed by atoms with Gasteiger partial charge in [0.2, 0.25) is 0 Å². The van der Waals surface area contributed by atoms with Crippen LogP contribution in [0.15, 0.2) is 36.0 Å². The van der Waals surface area contributed by atoms with Crippen molar-refractivity contribution in [2.75, 3.05) is 13.7 Å². The van der Waals surface area contributed by atoms with E-state index >= 15 is 0 Å². The lowest BCUT2D eigenvalue weighted by molar-refractivity contribution is -0.124. The van der Waals surface area contributed by atoms with Crippen molar-refractivity contribution < 1.29 is 19.1 Å². The second-order valence-corrected chi connectivity index (χ2v) is 6.27. The van der Waals surface area contributed by atoms with Crippen LogP contribution in [0, 0.1) is 5.41 Å². The lowest BCUT2D eigenvalue weighted by Gasteiger charge is -2.29. The fourth-order valence-electron chi connectivity index (χ4n) is 2.49. The van der Waals surface area contributed by atoms with E-state index in [4.69, 9.17) is 9.47 Å². The Hall–Kier alpha value is -2.50. The first-order valence-electron chi connectivity index (χ1n) is 7.44. The number of amides is 1. The van der Waals surface area contributed by atoms with E-state index in [1.165, 1.54) is 13.2 Å². The molecule has 1 aliphatic carbocycles. The summed E-state index contributed by atoms with van der Waals surface area (Å²) in [7, 11) is 1.54. The van der Waals surface area contributed by atoms with Gasteiger partial charge in [0, 0.05) is 18.2 Å². The van der Waals surface area contributed by atoms with Crippen molar-refractivity contribution in [1.82, 2.24) is 10.9 Å². The van der Waals surface area contributed by atoms with E-state index in [2.05, 4.69) is 10.9 Å². The molecule has 2 rings (SSSR count). The molecule has 0 aliphatic heterocycles. The Bertz CT molecular complexity index is 623. The maximum absolute atomic E-state index is 11.8. The van der Waals surface area contributed by atoms with Gasteiger partial charge in [0.05, 0.1) is 7.11 Å². The van der Waals surface area contributed by atoms with Crippen LogP contribution in [0.1, 0.15) is 26.7 Å². The Labute approximate surface area is 135 Å². The molecule has 0 heterocycles. The molecule has 2 N–H and O–H groups in total. The highest BCUT2D eigenvalue weighted by atomic mass is 16.5. The van der Waals surface area contributed by atoms with E-state index in [-0.39, 0.29) is 23.7 Å². The third-order valence-corrected chi connectivity index (χ3v) is 3.45. The van der Waals surface area contributed by atoms with Crippen LogP contribution in [-0.4, -0.2) is 25.4 Å². The van der Waals surface area contributed by atoms with Crippen molar-refractivity contribution in [2.45, 2.75) is 26.7 Å². The number of benzene rings is 1. The molecule has 1 aromatic rings. The number of allylic oxidation sites excluding steroid dienone is 2. The second-order valence-electron chi connectivity index (χ2n) is 6.27. The van der Waals surface area contributed by atoms with Crippen LogP contribution in [-0.2, 0) is 9.59 Å². The molecule has 0 spiro atoms. The maximum atomic E-state index is 11.8. The predicted molar refractivity (Wildman–Crippen MR) is 85.9 cm³/mol. The Kier molecular flexibility index (Phi) is 5.26. The quantitative estimate of drug-likeness (QED) is 0.784. The van der Waals surface area contributed by atoms with Gasteiger partial charge >= 0.3 is 0 Å². The van der Waals surface area contributed by atoms with Gasteiger partial charge in [0.1, 0.15) is 0 Å². The topological polar surface area (TPSA) is 76.7 Å². The lowest BCUT2D eigenvalue weighted by atomic mass is 9.79. The van der Waals surface area contributed by atoms with E-state index in [1.54, 1.807) is 18.2 Å². The summed E-state index contributed by atoms with van der Waals surface area (Å²) in [5, 5.41) is 0. The van der Waals surface area contributed by atoms with Gasteiger partial charge in [0.25, 0.3) is 5.91 Å². The van der Waals surface area contributed by atoms with Gasteiger partial charge in [-0.3, -0.25) is 15.0 Å². The van der Waals surface area contributed by atoms with Crippen molar-refractivity contribution in [3.63, 3.8) is 0 Å². The molecule has 23 heavy (non-hydrogen) atoms. The van der Waals surface area contributed by atoms with Crippen LogP contribution < -0.4 is 20.3 Å². The van der Waals surface area contributed by atoms with Gasteiger partial charge in [-0.2, -0.15) is 0 Å². The van der Waals surface area contributed by atoms with Crippen molar-refractivity contribution in [1.29, 1.82) is 0 Å². The van der Waals surface area contributed by atoms with Crippen LogP contribution in [0.25, 0.3) is 0 Å². The molecular formula is C17H22N2O4. The molecule has 0 atom stereocenters. The van der Waals surface area contributed by atoms with Gasteiger partial charge in [-0.25, -0.2) is 0 Å². The average molecular weight is 318 g/mol. The number of ether oxygens (including phenoxy) is 2. The van der Waals surface area contributed by atoms with Crippen molar-refractivity contribution >= 4 is 11.7 Å². The summed E-state index contributed by atoms with van der Waals surface area (Å²) in [6.07, 6.45) is 2.75. The van der Waals surface area contributed by atoms with E-state index in [0.29, 0.717) is 30.0 Å². The summed E-state index contributed by atoms with van der Waals surface area (Å²) in [5.74, 6) is 0.782. The molecule has 6 nitrogen and oxygen atoms in total. The van der Waals surface area contributed by atoms with Gasteiger partial charge in [0.15, 0.2) is 23.9 Å². The van der Waals surface area contributed by atoms with Crippen molar-refractivity contribution in [3.8, 4) is 11.5 Å². The number of rotatable bonds is 6. The van der Waals surface area contributed by atoms with Gasteiger partial charge in [-0.1, -0.05) is 26.0 Å². The van der Waals surface area contributed by atoms with Gasteiger partial charge in [-0.15, -0.1) is 0 Å². The predicted octanol–water partition coefficient (Wildman–Crippen LogP) is 1.97. The van der Waals surface area contributed by atoms with Crippen LogP contribution in [0.3, 0.4) is 0 Å². The van der Waals surface area contributed by atoms with Crippen molar-refractivity contribution in [2.24, 2.45) is 5.41 Å². The first-order chi connectivity index (χ1) is 10.9. The van der Waals surface area contributed by atoms with E-state index < -0.39 is 0 Å². The number of hydrogen-bond donors (Lipinski definition) is 2. The zero-order chi connectivity index (χ0) is 16.9. The Balaban J connectivity index is 1.83. The molecule has 0 unspecified atom stereocenters. The smallest absolute Gasteiger partial charge is 0.276 e. The zero-order valence-corrected chi connectivity index (χ0v) is 13.6. The Morgan fingerprint density at radius 3 is 2.57 bits per heavy atom. The third-order valence-electron chi connectivity index (χ3n) is 3.45. The van der Waals surface area contributed by atoms with Crippen LogP contribution >= 0.6 is 0 Å². The summed E-state index contributed by atoms with van der Waals surface area (Å²) in [6.45, 7) is 3.89. The number of hydrazine groups is 1. The summed E-state index contributed by atoms with van der Waals surface area (Å²) in [6, 6.07) is 7.10. The fourth-order valence-corrected chi connectivity index (χ4v) is 2.49. The van der Waals surface area contributed by atoms with Crippen molar-refractivity contribution in [3.05, 3.63) is 36.0 Å². The SMILES string of the molecule is COc1ccccc1OCC(=O)NNC1=CC(=O)CC(C)(C)C1. The number of ketones is 1. The average Bonchev–Trinajstić information content (AvgIpc) is 2.49. The maximum Gasteiger partial charge on any atom is 0.276 e. The summed E-state index contributed by atoms with van der Waals surface area (Å²) in [4.78, 5) is 23.5. The minimum Gasteiger partial charge on any atom is -0.493 e. The number of carbonyl (C=O) groups is 2. The minimum atomic E-state index is -0.340. The molecular weight excluding hydrogens is 296 g/mol. The van der Waals surface area contributed by atoms with Gasteiger partial charge in [-0.05, 0) is 24.0 Å². The number of nitrogens with one attached hydrogen (secondary N) is 2. The summed E-state index contributed by atoms with van der Waals surface area (Å²) in [5.41, 5.74) is 5.95. The highest BCUT2D eigenvalue weighted by Gasteiger charge is 2.27. The molecule has 0 aromatic heterocycles. The summed E-state index contributed by atoms with van der Waals surface area (Å²) < 4.78 is 10.6. The van der Waals surface area contributed by atoms with Crippen LogP contribution in [0.4, 0.5) is 0 Å². The molecule has 0 bridgehead atoms. The monoisotopic (exact) mass is 318 g/mol. The number of carbonyl (C=O) groups excluding carboxylic acids is 2. The molecule has 0 saturated heterocycles. The van der Waals surface area contributed by atoms with Crippen LogP contribution in [0.2, 0.25) is 0 Å². The molecule has 1 amide bonds.